The van der Waals surface area contributed by atoms with Crippen LogP contribution in [0.25, 0.3) is 11.0 Å². The van der Waals surface area contributed by atoms with Crippen molar-refractivity contribution in [2.75, 3.05) is 12.4 Å². The molecule has 0 atom stereocenters. The Morgan fingerprint density at radius 3 is 2.58 bits per heavy atom. The van der Waals surface area contributed by atoms with E-state index in [0.717, 1.165) is 28.6 Å². The summed E-state index contributed by atoms with van der Waals surface area (Å²) in [6.45, 7) is 3.90. The highest BCUT2D eigenvalue weighted by atomic mass is 16.3. The number of hydrogen-bond donors (Lipinski definition) is 2. The molecule has 4 aromatic rings. The lowest BCUT2D eigenvalue weighted by Crippen LogP contribution is -2.16. The molecular formula is C29H28N4O3. The number of aromatic hydroxyl groups is 1. The number of phenolic OH excluding ortho intramolecular Hbond substituents is 1. The minimum absolute atomic E-state index is 0.0624. The van der Waals surface area contributed by atoms with Crippen molar-refractivity contribution in [2.24, 2.45) is 4.99 Å². The van der Waals surface area contributed by atoms with Crippen molar-refractivity contribution < 1.29 is 14.7 Å². The Morgan fingerprint density at radius 1 is 1.03 bits per heavy atom. The van der Waals surface area contributed by atoms with Crippen molar-refractivity contribution in [3.8, 4) is 5.75 Å². The number of aryl methyl sites for hydroxylation is 1. The predicted molar refractivity (Wildman–Crippen MR) is 143 cm³/mol. The van der Waals surface area contributed by atoms with Crippen LogP contribution in [-0.4, -0.2) is 39.1 Å². The van der Waals surface area contributed by atoms with E-state index in [2.05, 4.69) is 15.3 Å². The zero-order chi connectivity index (χ0) is 25.7. The molecule has 182 valence electrons. The topological polar surface area (TPSA) is 96.6 Å². The molecule has 0 aliphatic rings. The highest BCUT2D eigenvalue weighted by Gasteiger charge is 2.16. The van der Waals surface area contributed by atoms with Gasteiger partial charge in [-0.15, -0.1) is 0 Å². The van der Waals surface area contributed by atoms with Gasteiger partial charge in [0.1, 0.15) is 5.75 Å². The molecule has 0 saturated heterocycles. The van der Waals surface area contributed by atoms with Crippen molar-refractivity contribution in [3.05, 3.63) is 101 Å². The fourth-order valence-electron chi connectivity index (χ4n) is 3.99. The largest absolute Gasteiger partial charge is 0.507 e. The molecule has 0 unspecified atom stereocenters. The number of allylic oxidation sites excluding steroid dienone is 2. The highest BCUT2D eigenvalue weighted by Crippen LogP contribution is 2.25. The van der Waals surface area contributed by atoms with Crippen molar-refractivity contribution in [3.63, 3.8) is 0 Å². The number of phenols is 1. The number of imidazole rings is 1. The Balaban J connectivity index is 1.71. The highest BCUT2D eigenvalue weighted by molar-refractivity contribution is 6.12. The number of carbonyl (C=O) groups excluding carboxylic acids is 2. The maximum Gasteiger partial charge on any atom is 0.257 e. The first-order chi connectivity index (χ1) is 17.4. The second kappa shape index (κ2) is 10.8. The van der Waals surface area contributed by atoms with Gasteiger partial charge in [-0.05, 0) is 73.0 Å². The quantitative estimate of drug-likeness (QED) is 0.269. The minimum Gasteiger partial charge on any atom is -0.507 e. The van der Waals surface area contributed by atoms with Crippen LogP contribution in [0, 0.1) is 0 Å². The number of benzene rings is 3. The lowest BCUT2D eigenvalue weighted by Gasteiger charge is -2.13. The van der Waals surface area contributed by atoms with Crippen molar-refractivity contribution in [1.82, 2.24) is 9.55 Å². The molecule has 0 aliphatic heterocycles. The van der Waals surface area contributed by atoms with Gasteiger partial charge in [0.15, 0.2) is 5.78 Å². The third-order valence-electron chi connectivity index (χ3n) is 5.87. The molecule has 36 heavy (non-hydrogen) atoms. The number of aliphatic imine (C=N–C) groups is 1. The van der Waals surface area contributed by atoms with Gasteiger partial charge < -0.3 is 9.67 Å². The van der Waals surface area contributed by atoms with Crippen LogP contribution in [0.2, 0.25) is 0 Å². The molecule has 1 aromatic heterocycles. The smallest absolute Gasteiger partial charge is 0.257 e. The Morgan fingerprint density at radius 2 is 1.83 bits per heavy atom. The Kier molecular flexibility index (Phi) is 7.39. The molecule has 0 radical (unpaired) electrons. The molecule has 7 heteroatoms. The molecule has 2 N–H and O–H groups in total. The van der Waals surface area contributed by atoms with Crippen molar-refractivity contribution in [2.45, 2.75) is 26.8 Å². The van der Waals surface area contributed by atoms with E-state index in [-0.39, 0.29) is 17.4 Å². The second-order valence-corrected chi connectivity index (χ2v) is 8.42. The third kappa shape index (κ3) is 5.41. The average molecular weight is 481 g/mol. The lowest BCUT2D eigenvalue weighted by molar-refractivity contribution is -0.112. The molecular weight excluding hydrogens is 452 g/mol. The summed E-state index contributed by atoms with van der Waals surface area (Å²) >= 11 is 0. The number of fused-ring (bicyclic) bond motifs is 1. The number of amides is 1. The summed E-state index contributed by atoms with van der Waals surface area (Å²) < 4.78 is 1.93. The molecule has 0 bridgehead atoms. The van der Waals surface area contributed by atoms with Gasteiger partial charge in [0.05, 0.1) is 23.3 Å². The summed E-state index contributed by atoms with van der Waals surface area (Å²) in [6, 6.07) is 20.5. The normalized spacial score (nSPS) is 11.8. The minimum atomic E-state index is -0.233. The maximum atomic E-state index is 13.1. The molecule has 4 rings (SSSR count). The lowest BCUT2D eigenvalue weighted by atomic mass is 10.0. The molecule has 3 aromatic carbocycles. The van der Waals surface area contributed by atoms with Gasteiger partial charge in [-0.2, -0.15) is 0 Å². The summed E-state index contributed by atoms with van der Waals surface area (Å²) in [5.74, 6) is 0.149. The van der Waals surface area contributed by atoms with Crippen LogP contribution in [0.4, 0.5) is 5.95 Å². The monoisotopic (exact) mass is 480 g/mol. The molecule has 0 fully saturated rings. The number of rotatable bonds is 8. The molecule has 0 spiro atoms. The van der Waals surface area contributed by atoms with Crippen molar-refractivity contribution in [1.29, 1.82) is 0 Å². The van der Waals surface area contributed by atoms with Gasteiger partial charge in [-0.1, -0.05) is 37.3 Å². The van der Waals surface area contributed by atoms with Crippen LogP contribution >= 0.6 is 0 Å². The number of nitrogens with one attached hydrogen (secondary N) is 1. The number of carbonyl (C=O) groups is 2. The number of nitrogens with zero attached hydrogens (tertiary/aromatic N) is 3. The fourth-order valence-corrected chi connectivity index (χ4v) is 3.99. The number of para-hydroxylation sites is 2. The Labute approximate surface area is 209 Å². The number of hydrogen-bond acceptors (Lipinski definition) is 5. The van der Waals surface area contributed by atoms with Crippen LogP contribution in [0.1, 0.15) is 40.9 Å². The molecule has 1 heterocycles. The maximum absolute atomic E-state index is 13.1. The van der Waals surface area contributed by atoms with Crippen LogP contribution in [-0.2, 0) is 17.8 Å². The van der Waals surface area contributed by atoms with Gasteiger partial charge in [-0.25, -0.2) is 4.98 Å². The van der Waals surface area contributed by atoms with Crippen LogP contribution in [0.15, 0.2) is 83.9 Å². The summed E-state index contributed by atoms with van der Waals surface area (Å²) in [4.78, 5) is 33.4. The molecule has 0 aliphatic carbocycles. The van der Waals surface area contributed by atoms with E-state index in [9.17, 15) is 14.7 Å². The first-order valence-corrected chi connectivity index (χ1v) is 11.7. The number of ketones is 1. The standard InChI is InChI=1S/C29H28N4O3/c1-4-20-8-7-9-22(16-20)28(36)32-29-31-25-10-5-6-11-26(25)33(29)18-21-13-15-27(35)23(17-21)24(30-3)14-12-19(2)34/h5-17,35H,4,18H2,1-3H3,(H,31,32,36)/b14-12-,30-24?. The van der Waals surface area contributed by atoms with Gasteiger partial charge >= 0.3 is 0 Å². The van der Waals surface area contributed by atoms with Crippen LogP contribution in [0.3, 0.4) is 0 Å². The summed E-state index contributed by atoms with van der Waals surface area (Å²) in [7, 11) is 1.61. The number of anilines is 1. The first-order valence-electron chi connectivity index (χ1n) is 11.7. The van der Waals surface area contributed by atoms with E-state index in [1.165, 1.54) is 13.0 Å². The van der Waals surface area contributed by atoms with E-state index < -0.39 is 0 Å². The Hall–Kier alpha value is -4.52. The summed E-state index contributed by atoms with van der Waals surface area (Å²) in [5.41, 5.74) is 5.15. The SMILES string of the molecule is CCc1cccc(C(=O)Nc2nc3ccccc3n2Cc2ccc(O)c(C(/C=C\C(C)=O)=NC)c2)c1. The average Bonchev–Trinajstić information content (AvgIpc) is 3.22. The molecule has 1 amide bonds. The molecule has 0 saturated carbocycles. The zero-order valence-corrected chi connectivity index (χ0v) is 20.5. The van der Waals surface area contributed by atoms with Gasteiger partial charge in [0.2, 0.25) is 5.95 Å². The third-order valence-corrected chi connectivity index (χ3v) is 5.87. The van der Waals surface area contributed by atoms with E-state index in [1.807, 2.05) is 66.1 Å². The second-order valence-electron chi connectivity index (χ2n) is 8.42. The van der Waals surface area contributed by atoms with Crippen LogP contribution < -0.4 is 5.32 Å². The first kappa shape index (κ1) is 24.6. The van der Waals surface area contributed by atoms with E-state index in [0.29, 0.717) is 29.3 Å². The van der Waals surface area contributed by atoms with E-state index >= 15 is 0 Å². The number of aromatic nitrogens is 2. The fraction of sp³-hybridized carbons (Fsp3) is 0.172. The Bertz CT molecular complexity index is 1500. The van der Waals surface area contributed by atoms with Crippen molar-refractivity contribution >= 4 is 34.4 Å². The summed E-state index contributed by atoms with van der Waals surface area (Å²) in [5, 5.41) is 13.4. The predicted octanol–water partition coefficient (Wildman–Crippen LogP) is 5.17. The van der Waals surface area contributed by atoms with Gasteiger partial charge in [-0.3, -0.25) is 19.9 Å². The summed E-state index contributed by atoms with van der Waals surface area (Å²) in [6.07, 6.45) is 3.84. The molecule has 7 nitrogen and oxygen atoms in total. The van der Waals surface area contributed by atoms with Gasteiger partial charge in [0, 0.05) is 18.2 Å². The van der Waals surface area contributed by atoms with E-state index in [4.69, 9.17) is 0 Å². The van der Waals surface area contributed by atoms with Crippen LogP contribution in [0.5, 0.6) is 5.75 Å². The van der Waals surface area contributed by atoms with Gasteiger partial charge in [0.25, 0.3) is 5.91 Å². The van der Waals surface area contributed by atoms with E-state index in [1.54, 1.807) is 25.3 Å². The zero-order valence-electron chi connectivity index (χ0n) is 20.5.